The van der Waals surface area contributed by atoms with Crippen molar-refractivity contribution in [2.75, 3.05) is 13.7 Å². The Balaban J connectivity index is 1.70. The molecule has 0 aliphatic rings. The smallest absolute Gasteiger partial charge is 0.337 e. The number of imidazole rings is 1. The lowest BCUT2D eigenvalue weighted by Gasteiger charge is -2.12. The van der Waals surface area contributed by atoms with E-state index in [2.05, 4.69) is 15.2 Å². The van der Waals surface area contributed by atoms with Gasteiger partial charge in [0.25, 0.3) is 5.82 Å². The lowest BCUT2D eigenvalue weighted by atomic mass is 10.2. The minimum absolute atomic E-state index is 0.125. The molecule has 2 aromatic carbocycles. The number of esters is 1. The van der Waals surface area contributed by atoms with E-state index in [0.717, 1.165) is 16.9 Å². The largest absolute Gasteiger partial charge is 0.491 e. The number of hydrogen-bond donors (Lipinski definition) is 1. The molecule has 0 saturated heterocycles. The number of hydrogen-bond acceptors (Lipinski definition) is 4. The van der Waals surface area contributed by atoms with E-state index in [1.165, 1.54) is 7.11 Å². The molecule has 0 saturated carbocycles. The molecule has 3 aromatic rings. The topological polar surface area (TPSA) is 64.6 Å². The Hall–Kier alpha value is -2.86. The van der Waals surface area contributed by atoms with Gasteiger partial charge < -0.3 is 14.6 Å². The molecule has 6 nitrogen and oxygen atoms in total. The third kappa shape index (κ3) is 3.55. The van der Waals surface area contributed by atoms with Gasteiger partial charge in [-0.25, -0.2) is 13.9 Å². The van der Waals surface area contributed by atoms with E-state index in [4.69, 9.17) is 9.47 Å². The van der Waals surface area contributed by atoms with E-state index >= 15 is 0 Å². The predicted molar refractivity (Wildman–Crippen MR) is 97.1 cm³/mol. The molecule has 0 bridgehead atoms. The summed E-state index contributed by atoms with van der Waals surface area (Å²) >= 11 is 0. The molecule has 26 heavy (non-hydrogen) atoms. The first-order chi connectivity index (χ1) is 12.5. The van der Waals surface area contributed by atoms with E-state index in [9.17, 15) is 9.90 Å². The maximum absolute atomic E-state index is 11.6. The SMILES string of the molecule is COC(=O)c1cccc(OCC(O)Cn2c(C)[n+](C)c3ccccc32)c1. The first kappa shape index (κ1) is 17.9. The van der Waals surface area contributed by atoms with Gasteiger partial charge >= 0.3 is 5.97 Å². The van der Waals surface area contributed by atoms with Crippen molar-refractivity contribution in [1.82, 2.24) is 4.57 Å². The second-order valence-electron chi connectivity index (χ2n) is 6.19. The van der Waals surface area contributed by atoms with Crippen molar-refractivity contribution in [2.24, 2.45) is 7.05 Å². The Labute approximate surface area is 152 Å². The summed E-state index contributed by atoms with van der Waals surface area (Å²) in [7, 11) is 3.35. The molecular weight excluding hydrogens is 332 g/mol. The number of aromatic nitrogens is 2. The van der Waals surface area contributed by atoms with Gasteiger partial charge in [-0.15, -0.1) is 0 Å². The van der Waals surface area contributed by atoms with Crippen LogP contribution in [-0.2, 0) is 18.3 Å². The number of methoxy groups -OCH3 is 1. The Morgan fingerprint density at radius 2 is 2.00 bits per heavy atom. The molecule has 3 rings (SSSR count). The second kappa shape index (κ2) is 7.58. The standard InChI is InChI=1S/C20H23N2O4/c1-14-21(2)18-9-4-5-10-19(18)22(14)12-16(23)13-26-17-8-6-7-15(11-17)20(24)25-3/h4-11,16,23H,12-13H2,1-3H3/q+1. The van der Waals surface area contributed by atoms with E-state index in [0.29, 0.717) is 17.9 Å². The van der Waals surface area contributed by atoms with Crippen molar-refractivity contribution in [2.45, 2.75) is 19.6 Å². The van der Waals surface area contributed by atoms with Gasteiger partial charge in [0.15, 0.2) is 11.0 Å². The fraction of sp³-hybridized carbons (Fsp3) is 0.300. The van der Waals surface area contributed by atoms with Crippen molar-refractivity contribution in [1.29, 1.82) is 0 Å². The third-order valence-electron chi connectivity index (χ3n) is 4.50. The minimum Gasteiger partial charge on any atom is -0.491 e. The van der Waals surface area contributed by atoms with E-state index < -0.39 is 12.1 Å². The van der Waals surface area contributed by atoms with Crippen LogP contribution in [0.4, 0.5) is 0 Å². The lowest BCUT2D eigenvalue weighted by Crippen LogP contribution is -2.32. The van der Waals surface area contributed by atoms with Crippen LogP contribution in [0.2, 0.25) is 0 Å². The summed E-state index contributed by atoms with van der Waals surface area (Å²) in [5.41, 5.74) is 2.60. The van der Waals surface area contributed by atoms with Crippen LogP contribution < -0.4 is 9.30 Å². The Morgan fingerprint density at radius 1 is 1.23 bits per heavy atom. The average Bonchev–Trinajstić information content (AvgIpc) is 2.91. The second-order valence-corrected chi connectivity index (χ2v) is 6.19. The van der Waals surface area contributed by atoms with Crippen LogP contribution >= 0.6 is 0 Å². The summed E-state index contributed by atoms with van der Waals surface area (Å²) in [6.07, 6.45) is -0.689. The van der Waals surface area contributed by atoms with Crippen molar-refractivity contribution in [3.63, 3.8) is 0 Å². The number of aliphatic hydroxyl groups is 1. The molecule has 1 N–H and O–H groups in total. The molecule has 0 spiro atoms. The molecule has 1 atom stereocenters. The highest BCUT2D eigenvalue weighted by molar-refractivity contribution is 5.89. The summed E-state index contributed by atoms with van der Waals surface area (Å²) in [4.78, 5) is 11.6. The van der Waals surface area contributed by atoms with Crippen molar-refractivity contribution in [3.05, 3.63) is 59.9 Å². The van der Waals surface area contributed by atoms with Crippen molar-refractivity contribution >= 4 is 17.0 Å². The molecule has 1 heterocycles. The summed E-state index contributed by atoms with van der Waals surface area (Å²) in [5, 5.41) is 10.4. The van der Waals surface area contributed by atoms with Crippen LogP contribution in [0.25, 0.3) is 11.0 Å². The summed E-state index contributed by atoms with van der Waals surface area (Å²) in [5.74, 6) is 1.16. The Bertz CT molecular complexity index is 933. The van der Waals surface area contributed by atoms with Crippen LogP contribution in [0.3, 0.4) is 0 Å². The fourth-order valence-electron chi connectivity index (χ4n) is 3.02. The monoisotopic (exact) mass is 355 g/mol. The summed E-state index contributed by atoms with van der Waals surface area (Å²) in [6.45, 7) is 2.57. The van der Waals surface area contributed by atoms with Gasteiger partial charge in [0.2, 0.25) is 0 Å². The average molecular weight is 355 g/mol. The highest BCUT2D eigenvalue weighted by Crippen LogP contribution is 2.16. The van der Waals surface area contributed by atoms with Gasteiger partial charge in [0.05, 0.1) is 19.7 Å². The summed E-state index contributed by atoms with van der Waals surface area (Å²) < 4.78 is 14.5. The van der Waals surface area contributed by atoms with Crippen LogP contribution in [0, 0.1) is 6.92 Å². The maximum Gasteiger partial charge on any atom is 0.337 e. The number of para-hydroxylation sites is 2. The van der Waals surface area contributed by atoms with Crippen LogP contribution in [-0.4, -0.2) is 35.5 Å². The van der Waals surface area contributed by atoms with Crippen LogP contribution in [0.15, 0.2) is 48.5 Å². The Kier molecular flexibility index (Phi) is 5.23. The zero-order valence-corrected chi connectivity index (χ0v) is 15.2. The molecule has 136 valence electrons. The first-order valence-corrected chi connectivity index (χ1v) is 8.44. The molecule has 0 aliphatic carbocycles. The van der Waals surface area contributed by atoms with Crippen molar-refractivity contribution in [3.8, 4) is 5.75 Å². The number of rotatable bonds is 6. The highest BCUT2D eigenvalue weighted by atomic mass is 16.5. The number of carbonyl (C=O) groups excluding carboxylic acids is 1. The number of aryl methyl sites for hydroxylation is 1. The number of carbonyl (C=O) groups is 1. The molecule has 0 fully saturated rings. The van der Waals surface area contributed by atoms with Gasteiger partial charge in [0.1, 0.15) is 25.0 Å². The number of benzene rings is 2. The van der Waals surface area contributed by atoms with E-state index in [1.807, 2.05) is 32.2 Å². The molecule has 0 radical (unpaired) electrons. The number of nitrogens with zero attached hydrogens (tertiary/aromatic N) is 2. The Morgan fingerprint density at radius 3 is 2.77 bits per heavy atom. The van der Waals surface area contributed by atoms with Gasteiger partial charge in [-0.05, 0) is 30.3 Å². The zero-order valence-electron chi connectivity index (χ0n) is 15.2. The van der Waals surface area contributed by atoms with Gasteiger partial charge in [-0.3, -0.25) is 0 Å². The zero-order chi connectivity index (χ0) is 18.7. The minimum atomic E-state index is -0.689. The van der Waals surface area contributed by atoms with Gasteiger partial charge in [-0.2, -0.15) is 0 Å². The molecule has 1 unspecified atom stereocenters. The van der Waals surface area contributed by atoms with Crippen LogP contribution in [0.5, 0.6) is 5.75 Å². The highest BCUT2D eigenvalue weighted by Gasteiger charge is 2.21. The summed E-state index contributed by atoms with van der Waals surface area (Å²) in [6, 6.07) is 14.8. The van der Waals surface area contributed by atoms with Crippen molar-refractivity contribution < 1.29 is 23.9 Å². The van der Waals surface area contributed by atoms with E-state index in [-0.39, 0.29) is 6.61 Å². The van der Waals surface area contributed by atoms with Gasteiger partial charge in [-0.1, -0.05) is 18.2 Å². The number of aliphatic hydroxyl groups excluding tert-OH is 1. The number of fused-ring (bicyclic) bond motifs is 1. The normalized spacial score (nSPS) is 12.2. The number of ether oxygens (including phenoxy) is 2. The quantitative estimate of drug-likeness (QED) is 0.543. The molecule has 6 heteroatoms. The maximum atomic E-state index is 11.6. The third-order valence-corrected chi connectivity index (χ3v) is 4.50. The molecule has 0 aliphatic heterocycles. The fourth-order valence-corrected chi connectivity index (χ4v) is 3.02. The van der Waals surface area contributed by atoms with E-state index in [1.54, 1.807) is 24.3 Å². The lowest BCUT2D eigenvalue weighted by molar-refractivity contribution is -0.652. The van der Waals surface area contributed by atoms with Crippen LogP contribution in [0.1, 0.15) is 16.2 Å². The molecular formula is C20H23N2O4+. The predicted octanol–water partition coefficient (Wildman–Crippen LogP) is 2.00. The molecule has 1 aromatic heterocycles. The molecule has 0 amide bonds. The van der Waals surface area contributed by atoms with Gasteiger partial charge in [0, 0.05) is 6.92 Å². The first-order valence-electron chi connectivity index (χ1n) is 8.44.